The molecule has 2 aliphatic heterocycles. The van der Waals surface area contributed by atoms with Crippen molar-refractivity contribution in [1.29, 1.82) is 0 Å². The van der Waals surface area contributed by atoms with Crippen molar-refractivity contribution >= 4 is 21.4 Å². The molecule has 2 fully saturated rings. The zero-order valence-corrected chi connectivity index (χ0v) is 17.3. The van der Waals surface area contributed by atoms with Crippen molar-refractivity contribution in [2.75, 3.05) is 24.5 Å². The van der Waals surface area contributed by atoms with Crippen molar-refractivity contribution in [3.05, 3.63) is 63.7 Å². The molecule has 2 saturated heterocycles. The molecule has 4 rings (SSSR count). The highest BCUT2D eigenvalue weighted by Gasteiger charge is 2.35. The molecule has 2 aromatic carbocycles. The lowest BCUT2D eigenvalue weighted by molar-refractivity contribution is -0.385. The Morgan fingerprint density at radius 2 is 1.79 bits per heavy atom. The number of hydrogen-bond donors (Lipinski definition) is 0. The molecule has 2 aliphatic rings. The normalized spacial score (nSPS) is 20.3. The molecule has 0 radical (unpaired) electrons. The molecule has 29 heavy (non-hydrogen) atoms. The molecule has 0 amide bonds. The molecule has 0 N–H and O–H groups in total. The Morgan fingerprint density at radius 1 is 1.03 bits per heavy atom. The van der Waals surface area contributed by atoms with Gasteiger partial charge in [-0.3, -0.25) is 10.1 Å². The van der Waals surface area contributed by atoms with Gasteiger partial charge in [0.2, 0.25) is 10.0 Å². The molecule has 0 saturated carbocycles. The molecule has 1 atom stereocenters. The van der Waals surface area contributed by atoms with Crippen LogP contribution in [0.3, 0.4) is 0 Å². The maximum Gasteiger partial charge on any atom is 0.270 e. The number of rotatable bonds is 5. The van der Waals surface area contributed by atoms with Crippen LogP contribution in [0.5, 0.6) is 0 Å². The van der Waals surface area contributed by atoms with E-state index >= 15 is 0 Å². The Hall–Kier alpha value is -2.45. The Morgan fingerprint density at radius 3 is 2.48 bits per heavy atom. The Bertz CT molecular complexity index is 1030. The lowest BCUT2D eigenvalue weighted by Gasteiger charge is -2.30. The van der Waals surface area contributed by atoms with E-state index in [1.165, 1.54) is 16.4 Å². The molecular weight excluding hydrogens is 390 g/mol. The molecule has 0 aliphatic carbocycles. The van der Waals surface area contributed by atoms with Gasteiger partial charge < -0.3 is 4.90 Å². The van der Waals surface area contributed by atoms with E-state index in [9.17, 15) is 18.5 Å². The molecule has 2 aromatic rings. The van der Waals surface area contributed by atoms with Gasteiger partial charge >= 0.3 is 0 Å². The minimum atomic E-state index is -3.79. The molecule has 154 valence electrons. The van der Waals surface area contributed by atoms with Gasteiger partial charge in [0.25, 0.3) is 5.69 Å². The first-order valence-electron chi connectivity index (χ1n) is 10.00. The first-order valence-corrected chi connectivity index (χ1v) is 11.4. The zero-order valence-electron chi connectivity index (χ0n) is 16.5. The third-order valence-corrected chi connectivity index (χ3v) is 7.75. The number of hydrogen-bond acceptors (Lipinski definition) is 5. The highest BCUT2D eigenvalue weighted by molar-refractivity contribution is 7.89. The summed E-state index contributed by atoms with van der Waals surface area (Å²) in [7, 11) is -3.79. The predicted octanol–water partition coefficient (Wildman–Crippen LogP) is 4.03. The van der Waals surface area contributed by atoms with Crippen molar-refractivity contribution in [3.8, 4) is 0 Å². The van der Waals surface area contributed by atoms with Crippen LogP contribution in [0.25, 0.3) is 0 Å². The molecule has 0 bridgehead atoms. The third kappa shape index (κ3) is 3.74. The van der Waals surface area contributed by atoms with Crippen LogP contribution in [-0.4, -0.2) is 37.3 Å². The standard InChI is InChI=1S/C21H25N3O4S/c1-16-6-4-7-17(14-16)19-8-5-13-23(19)20-10-9-18(24(25)26)15-21(20)29(27,28)22-11-2-3-12-22/h4,6-7,9-10,14-15,19H,2-3,5,8,11-13H2,1H3. The van der Waals surface area contributed by atoms with Crippen LogP contribution in [0, 0.1) is 17.0 Å². The maximum atomic E-state index is 13.4. The molecular formula is C21H25N3O4S. The van der Waals surface area contributed by atoms with Crippen molar-refractivity contribution in [2.45, 2.75) is 43.5 Å². The molecule has 0 spiro atoms. The second-order valence-corrected chi connectivity index (χ2v) is 9.69. The van der Waals surface area contributed by atoms with E-state index in [1.807, 2.05) is 19.1 Å². The van der Waals surface area contributed by atoms with Crippen LogP contribution in [0.1, 0.15) is 42.9 Å². The number of aryl methyl sites for hydroxylation is 1. The maximum absolute atomic E-state index is 13.4. The second kappa shape index (κ2) is 7.76. The number of nitrogens with zero attached hydrogens (tertiary/aromatic N) is 3. The number of nitro groups is 1. The van der Waals surface area contributed by atoms with Gasteiger partial charge in [0.1, 0.15) is 4.90 Å². The second-order valence-electron chi connectivity index (χ2n) is 7.79. The fraction of sp³-hybridized carbons (Fsp3) is 0.429. The van der Waals surface area contributed by atoms with E-state index in [2.05, 4.69) is 17.0 Å². The fourth-order valence-corrected chi connectivity index (χ4v) is 6.14. The van der Waals surface area contributed by atoms with E-state index < -0.39 is 14.9 Å². The Balaban J connectivity index is 1.81. The van der Waals surface area contributed by atoms with Crippen molar-refractivity contribution in [1.82, 2.24) is 4.31 Å². The third-order valence-electron chi connectivity index (χ3n) is 5.83. The molecule has 8 heteroatoms. The van der Waals surface area contributed by atoms with Gasteiger partial charge in [-0.25, -0.2) is 8.42 Å². The highest BCUT2D eigenvalue weighted by atomic mass is 32.2. The van der Waals surface area contributed by atoms with Gasteiger partial charge in [0.15, 0.2) is 0 Å². The van der Waals surface area contributed by atoms with Gasteiger partial charge in [-0.15, -0.1) is 0 Å². The Kier molecular flexibility index (Phi) is 5.31. The lowest BCUT2D eigenvalue weighted by Crippen LogP contribution is -2.31. The fourth-order valence-electron chi connectivity index (χ4n) is 4.41. The Labute approximate surface area is 171 Å². The molecule has 0 aromatic heterocycles. The average Bonchev–Trinajstić information content (AvgIpc) is 3.39. The smallest absolute Gasteiger partial charge is 0.270 e. The van der Waals surface area contributed by atoms with E-state index in [4.69, 9.17) is 0 Å². The van der Waals surface area contributed by atoms with Crippen molar-refractivity contribution < 1.29 is 13.3 Å². The van der Waals surface area contributed by atoms with Crippen molar-refractivity contribution in [3.63, 3.8) is 0 Å². The number of non-ortho nitro benzene ring substituents is 1. The van der Waals surface area contributed by atoms with Crippen LogP contribution < -0.4 is 4.90 Å². The molecule has 2 heterocycles. The molecule has 1 unspecified atom stereocenters. The van der Waals surface area contributed by atoms with Crippen LogP contribution in [0.2, 0.25) is 0 Å². The minimum absolute atomic E-state index is 0.0492. The quantitative estimate of drug-likeness (QED) is 0.544. The van der Waals surface area contributed by atoms with E-state index in [-0.39, 0.29) is 16.6 Å². The van der Waals surface area contributed by atoms with E-state index in [0.717, 1.165) is 43.4 Å². The van der Waals surface area contributed by atoms with Crippen LogP contribution in [-0.2, 0) is 10.0 Å². The number of sulfonamides is 1. The summed E-state index contributed by atoms with van der Waals surface area (Å²) in [6.45, 7) is 3.69. The van der Waals surface area contributed by atoms with Crippen LogP contribution in [0.4, 0.5) is 11.4 Å². The monoisotopic (exact) mass is 415 g/mol. The largest absolute Gasteiger partial charge is 0.363 e. The summed E-state index contributed by atoms with van der Waals surface area (Å²) in [4.78, 5) is 13.0. The summed E-state index contributed by atoms with van der Waals surface area (Å²) in [6, 6.07) is 12.5. The average molecular weight is 416 g/mol. The highest BCUT2D eigenvalue weighted by Crippen LogP contribution is 2.41. The summed E-state index contributed by atoms with van der Waals surface area (Å²) >= 11 is 0. The van der Waals surface area contributed by atoms with E-state index in [0.29, 0.717) is 18.8 Å². The first-order chi connectivity index (χ1) is 13.9. The number of nitro benzene ring substituents is 1. The van der Waals surface area contributed by atoms with Crippen LogP contribution >= 0.6 is 0 Å². The van der Waals surface area contributed by atoms with Gasteiger partial charge in [-0.2, -0.15) is 4.31 Å². The topological polar surface area (TPSA) is 83.8 Å². The SMILES string of the molecule is Cc1cccc(C2CCCN2c2ccc([N+](=O)[O-])cc2S(=O)(=O)N2CCCC2)c1. The number of benzene rings is 2. The minimum Gasteiger partial charge on any atom is -0.363 e. The zero-order chi connectivity index (χ0) is 20.6. The summed E-state index contributed by atoms with van der Waals surface area (Å²) in [5.74, 6) is 0. The van der Waals surface area contributed by atoms with Gasteiger partial charge in [-0.05, 0) is 44.2 Å². The first kappa shape index (κ1) is 19.8. The van der Waals surface area contributed by atoms with Gasteiger partial charge in [0, 0.05) is 31.8 Å². The summed E-state index contributed by atoms with van der Waals surface area (Å²) in [5.41, 5.74) is 2.66. The summed E-state index contributed by atoms with van der Waals surface area (Å²) in [6.07, 6.45) is 3.50. The van der Waals surface area contributed by atoms with E-state index in [1.54, 1.807) is 6.07 Å². The van der Waals surface area contributed by atoms with Gasteiger partial charge in [0.05, 0.1) is 16.7 Å². The predicted molar refractivity (Wildman–Crippen MR) is 112 cm³/mol. The van der Waals surface area contributed by atoms with Gasteiger partial charge in [-0.1, -0.05) is 29.8 Å². The summed E-state index contributed by atoms with van der Waals surface area (Å²) < 4.78 is 28.2. The summed E-state index contributed by atoms with van der Waals surface area (Å²) in [5, 5.41) is 11.3. The lowest BCUT2D eigenvalue weighted by atomic mass is 10.0. The molecule has 7 nitrogen and oxygen atoms in total. The van der Waals surface area contributed by atoms with Crippen LogP contribution in [0.15, 0.2) is 47.4 Å². The van der Waals surface area contributed by atoms with Crippen molar-refractivity contribution in [2.24, 2.45) is 0 Å². The number of anilines is 1.